The Labute approximate surface area is 225 Å². The van der Waals surface area contributed by atoms with Gasteiger partial charge in [0.15, 0.2) is 0 Å². The molecule has 2 atom stereocenters. The lowest BCUT2D eigenvalue weighted by molar-refractivity contribution is -0.140. The molecule has 2 fully saturated rings. The molecule has 2 heterocycles. The molecule has 2 saturated heterocycles. The third kappa shape index (κ3) is 8.65. The van der Waals surface area contributed by atoms with Gasteiger partial charge in [0.25, 0.3) is 0 Å². The smallest absolute Gasteiger partial charge is 0.333 e. The van der Waals surface area contributed by atoms with Crippen molar-refractivity contribution in [1.82, 2.24) is 0 Å². The molecule has 0 N–H and O–H groups in total. The molecule has 0 aliphatic carbocycles. The molecule has 38 heavy (non-hydrogen) atoms. The Bertz CT molecular complexity index is 966. The molecule has 0 amide bonds. The molecular weight excluding hydrogens is 480 g/mol. The summed E-state index contributed by atoms with van der Waals surface area (Å²) in [6.45, 7) is 14.7. The summed E-state index contributed by atoms with van der Waals surface area (Å²) >= 11 is 0. The van der Waals surface area contributed by atoms with E-state index < -0.39 is 0 Å². The van der Waals surface area contributed by atoms with Crippen molar-refractivity contribution in [3.63, 3.8) is 0 Å². The predicted octanol–water partition coefficient (Wildman–Crippen LogP) is 7.00. The average Bonchev–Trinajstić information content (AvgIpc) is 3.44. The summed E-state index contributed by atoms with van der Waals surface area (Å²) in [6, 6.07) is 16.2. The lowest BCUT2D eigenvalue weighted by atomic mass is 10.1. The fourth-order valence-corrected chi connectivity index (χ4v) is 4.41. The second-order valence-electron chi connectivity index (χ2n) is 9.41. The van der Waals surface area contributed by atoms with Crippen LogP contribution in [-0.4, -0.2) is 37.4 Å². The van der Waals surface area contributed by atoms with Crippen LogP contribution in [0.1, 0.15) is 51.4 Å². The monoisotopic (exact) mass is 518 g/mol. The number of rotatable bonds is 13. The van der Waals surface area contributed by atoms with Crippen LogP contribution >= 0.6 is 0 Å². The predicted molar refractivity (Wildman–Crippen MR) is 149 cm³/mol. The summed E-state index contributed by atoms with van der Waals surface area (Å²) in [5.74, 6) is 1.17. The van der Waals surface area contributed by atoms with Crippen LogP contribution in [0.5, 0.6) is 11.5 Å². The van der Waals surface area contributed by atoms with Crippen molar-refractivity contribution in [1.29, 1.82) is 0 Å². The van der Waals surface area contributed by atoms with Gasteiger partial charge in [-0.3, -0.25) is 0 Å². The van der Waals surface area contributed by atoms with Crippen molar-refractivity contribution in [3.8, 4) is 22.6 Å². The molecule has 2 aliphatic rings. The molecule has 6 heteroatoms. The maximum atomic E-state index is 11.4. The first-order chi connectivity index (χ1) is 18.5. The minimum absolute atomic E-state index is 0.0213. The Morgan fingerprint density at radius 3 is 1.32 bits per heavy atom. The number of ether oxygens (including phenoxy) is 4. The molecule has 0 spiro atoms. The number of unbranched alkanes of at least 4 members (excludes halogenated alkanes) is 2. The van der Waals surface area contributed by atoms with Gasteiger partial charge in [-0.15, -0.1) is 13.2 Å². The third-order valence-corrected chi connectivity index (χ3v) is 6.49. The van der Waals surface area contributed by atoms with Gasteiger partial charge >= 0.3 is 11.9 Å². The minimum Gasteiger partial charge on any atom is -0.494 e. The lowest BCUT2D eigenvalue weighted by Gasteiger charge is -2.11. The van der Waals surface area contributed by atoms with Crippen LogP contribution in [0, 0.1) is 0 Å². The van der Waals surface area contributed by atoms with Crippen molar-refractivity contribution in [3.05, 3.63) is 86.0 Å². The van der Waals surface area contributed by atoms with Crippen molar-refractivity contribution in [2.45, 2.75) is 63.6 Å². The normalized spacial score (nSPS) is 18.4. The Hall–Kier alpha value is -3.80. The third-order valence-electron chi connectivity index (χ3n) is 6.49. The first-order valence-corrected chi connectivity index (χ1v) is 13.2. The topological polar surface area (TPSA) is 71.1 Å². The highest BCUT2D eigenvalue weighted by Gasteiger charge is 2.27. The van der Waals surface area contributed by atoms with Crippen LogP contribution in [0.25, 0.3) is 11.1 Å². The number of carbonyl (C=O) groups excluding carboxylic acids is 2. The average molecular weight is 519 g/mol. The Morgan fingerprint density at radius 2 is 1.00 bits per heavy atom. The zero-order valence-corrected chi connectivity index (χ0v) is 22.1. The zero-order chi connectivity index (χ0) is 27.3. The standard InChI is InChI=1S/C30H34O6.C2H4/c1-21-19-27(35-29(21)31)7-3-5-17-33-25-13-9-23(10-14-25)24-11-15-26(16-12-24)34-18-6-4-8-28-20-22(2)30(32)36-28;1-2/h9-16,27-28H,1-8,17-20H2;1-2H2. The molecule has 0 radical (unpaired) electrons. The van der Waals surface area contributed by atoms with Crippen LogP contribution < -0.4 is 9.47 Å². The van der Waals surface area contributed by atoms with E-state index in [1.807, 2.05) is 24.3 Å². The summed E-state index contributed by atoms with van der Waals surface area (Å²) in [5.41, 5.74) is 3.38. The Balaban J connectivity index is 0.00000195. The van der Waals surface area contributed by atoms with Crippen LogP contribution in [-0.2, 0) is 19.1 Å². The first-order valence-electron chi connectivity index (χ1n) is 13.2. The molecule has 2 unspecified atom stereocenters. The van der Waals surface area contributed by atoms with E-state index in [9.17, 15) is 9.59 Å². The molecule has 0 saturated carbocycles. The number of benzene rings is 2. The zero-order valence-electron chi connectivity index (χ0n) is 22.1. The molecule has 2 aromatic carbocycles. The fourth-order valence-electron chi connectivity index (χ4n) is 4.41. The van der Waals surface area contributed by atoms with E-state index in [2.05, 4.69) is 50.6 Å². The maximum absolute atomic E-state index is 11.4. The summed E-state index contributed by atoms with van der Waals surface area (Å²) in [7, 11) is 0. The van der Waals surface area contributed by atoms with E-state index in [0.717, 1.165) is 61.2 Å². The second kappa shape index (κ2) is 14.8. The molecule has 202 valence electrons. The van der Waals surface area contributed by atoms with Gasteiger partial charge in [-0.1, -0.05) is 37.4 Å². The van der Waals surface area contributed by atoms with Crippen LogP contribution in [0.4, 0.5) is 0 Å². The van der Waals surface area contributed by atoms with Gasteiger partial charge in [0.1, 0.15) is 23.7 Å². The Morgan fingerprint density at radius 1 is 0.632 bits per heavy atom. The van der Waals surface area contributed by atoms with E-state index in [1.165, 1.54) is 0 Å². The van der Waals surface area contributed by atoms with Gasteiger partial charge in [0, 0.05) is 24.0 Å². The highest BCUT2D eigenvalue weighted by Crippen LogP contribution is 2.26. The molecular formula is C32H38O6. The first kappa shape index (κ1) is 28.8. The molecule has 2 aromatic rings. The van der Waals surface area contributed by atoms with E-state index >= 15 is 0 Å². The number of hydrogen-bond donors (Lipinski definition) is 0. The van der Waals surface area contributed by atoms with Gasteiger partial charge in [-0.25, -0.2) is 9.59 Å². The number of esters is 2. The summed E-state index contributed by atoms with van der Waals surface area (Å²) < 4.78 is 22.2. The number of carbonyl (C=O) groups is 2. The SMILES string of the molecule is C=C.C=C1CC(CCCCOc2ccc(-c3ccc(OCCCCC4CC(=C)C(=O)O4)cc3)cc2)OC1=O. The van der Waals surface area contributed by atoms with Gasteiger partial charge in [-0.05, 0) is 73.9 Å². The van der Waals surface area contributed by atoms with Crippen molar-refractivity contribution >= 4 is 11.9 Å². The number of cyclic esters (lactones) is 2. The highest BCUT2D eigenvalue weighted by atomic mass is 16.6. The van der Waals surface area contributed by atoms with Crippen molar-refractivity contribution in [2.75, 3.05) is 13.2 Å². The summed E-state index contributed by atoms with van der Waals surface area (Å²) in [5, 5.41) is 0. The largest absolute Gasteiger partial charge is 0.494 e. The minimum atomic E-state index is -0.257. The Kier molecular flexibility index (Phi) is 11.2. The van der Waals surface area contributed by atoms with Crippen molar-refractivity contribution in [2.24, 2.45) is 0 Å². The van der Waals surface area contributed by atoms with E-state index in [0.29, 0.717) is 37.2 Å². The second-order valence-corrected chi connectivity index (χ2v) is 9.41. The summed E-state index contributed by atoms with van der Waals surface area (Å²) in [6.07, 6.45) is 6.66. The molecule has 6 nitrogen and oxygen atoms in total. The molecule has 4 rings (SSSR count). The van der Waals surface area contributed by atoms with E-state index in [-0.39, 0.29) is 24.1 Å². The van der Waals surface area contributed by atoms with Gasteiger partial charge in [0.05, 0.1) is 13.2 Å². The summed E-state index contributed by atoms with van der Waals surface area (Å²) in [4.78, 5) is 22.7. The van der Waals surface area contributed by atoms with Gasteiger partial charge in [-0.2, -0.15) is 0 Å². The van der Waals surface area contributed by atoms with Gasteiger partial charge in [0.2, 0.25) is 0 Å². The molecule has 0 bridgehead atoms. The maximum Gasteiger partial charge on any atom is 0.333 e. The van der Waals surface area contributed by atoms with Crippen molar-refractivity contribution < 1.29 is 28.5 Å². The van der Waals surface area contributed by atoms with Crippen LogP contribution in [0.3, 0.4) is 0 Å². The number of hydrogen-bond acceptors (Lipinski definition) is 6. The van der Waals surface area contributed by atoms with Crippen LogP contribution in [0.15, 0.2) is 86.0 Å². The lowest BCUT2D eigenvalue weighted by Crippen LogP contribution is -2.07. The highest BCUT2D eigenvalue weighted by molar-refractivity contribution is 5.90. The van der Waals surface area contributed by atoms with Gasteiger partial charge < -0.3 is 18.9 Å². The fraction of sp³-hybridized carbons (Fsp3) is 0.375. The van der Waals surface area contributed by atoms with E-state index in [4.69, 9.17) is 18.9 Å². The van der Waals surface area contributed by atoms with Crippen LogP contribution in [0.2, 0.25) is 0 Å². The molecule has 0 aromatic heterocycles. The quantitative estimate of drug-likeness (QED) is 0.123. The van der Waals surface area contributed by atoms with E-state index in [1.54, 1.807) is 0 Å². The molecule has 2 aliphatic heterocycles.